The lowest BCUT2D eigenvalue weighted by Gasteiger charge is -1.88. The van der Waals surface area contributed by atoms with E-state index in [0.29, 0.717) is 5.69 Å². The van der Waals surface area contributed by atoms with Crippen molar-refractivity contribution in [2.24, 2.45) is 5.73 Å². The Labute approximate surface area is 69.8 Å². The molecule has 0 bridgehead atoms. The van der Waals surface area contributed by atoms with Gasteiger partial charge >= 0.3 is 0 Å². The summed E-state index contributed by atoms with van der Waals surface area (Å²) in [5, 5.41) is 7.47. The third kappa shape index (κ3) is 2.39. The van der Waals surface area contributed by atoms with Gasteiger partial charge in [0.05, 0.1) is 5.69 Å². The maximum atomic E-state index is 10.2. The minimum absolute atomic E-state index is 0.444. The molecule has 1 aromatic heterocycles. The van der Waals surface area contributed by atoms with Crippen LogP contribution in [-0.2, 0) is 4.79 Å². The first-order valence-electron chi connectivity index (χ1n) is 3.30. The average Bonchev–Trinajstić information content (AvgIpc) is 2.03. The lowest BCUT2D eigenvalue weighted by Crippen LogP contribution is -2.06. The van der Waals surface area contributed by atoms with E-state index in [4.69, 9.17) is 5.73 Å². The van der Waals surface area contributed by atoms with Crippen molar-refractivity contribution in [2.45, 2.75) is 6.92 Å². The van der Waals surface area contributed by atoms with Gasteiger partial charge in [0.1, 0.15) is 5.69 Å². The Hall–Kier alpha value is -1.89. The molecular formula is C8H7N3O. The third-order valence-electron chi connectivity index (χ3n) is 1.11. The minimum Gasteiger partial charge on any atom is -0.359 e. The molecule has 0 fully saturated rings. The molecule has 1 rings (SSSR count). The van der Waals surface area contributed by atoms with Gasteiger partial charge in [-0.15, -0.1) is 5.10 Å². The molecule has 0 aliphatic carbocycles. The first kappa shape index (κ1) is 8.21. The second-order valence-corrected chi connectivity index (χ2v) is 2.17. The third-order valence-corrected chi connectivity index (χ3v) is 1.11. The first-order valence-corrected chi connectivity index (χ1v) is 3.30. The Bertz CT molecular complexity index is 345. The van der Waals surface area contributed by atoms with Gasteiger partial charge in [0.25, 0.3) is 5.91 Å². The topological polar surface area (TPSA) is 68.9 Å². The van der Waals surface area contributed by atoms with Gasteiger partial charge < -0.3 is 5.73 Å². The molecule has 0 aliphatic rings. The van der Waals surface area contributed by atoms with Crippen LogP contribution in [0.3, 0.4) is 0 Å². The lowest BCUT2D eigenvalue weighted by molar-refractivity contribution is -0.112. The van der Waals surface area contributed by atoms with E-state index >= 15 is 0 Å². The van der Waals surface area contributed by atoms with E-state index in [0.717, 1.165) is 5.69 Å². The van der Waals surface area contributed by atoms with Gasteiger partial charge in [0.15, 0.2) is 0 Å². The van der Waals surface area contributed by atoms with Gasteiger partial charge in [0, 0.05) is 5.92 Å². The normalized spacial score (nSPS) is 8.42. The number of aryl methyl sites for hydroxylation is 1. The van der Waals surface area contributed by atoms with Crippen molar-refractivity contribution in [2.75, 3.05) is 0 Å². The highest BCUT2D eigenvalue weighted by molar-refractivity contribution is 5.92. The largest absolute Gasteiger partial charge is 0.359 e. The van der Waals surface area contributed by atoms with Gasteiger partial charge in [0.2, 0.25) is 0 Å². The molecule has 4 heteroatoms. The van der Waals surface area contributed by atoms with Crippen molar-refractivity contribution in [3.8, 4) is 11.8 Å². The molecule has 1 heterocycles. The van der Waals surface area contributed by atoms with Crippen molar-refractivity contribution in [3.63, 3.8) is 0 Å². The van der Waals surface area contributed by atoms with Crippen LogP contribution >= 0.6 is 0 Å². The van der Waals surface area contributed by atoms with E-state index in [1.165, 1.54) is 0 Å². The highest BCUT2D eigenvalue weighted by Gasteiger charge is 1.89. The fourth-order valence-corrected chi connectivity index (χ4v) is 0.591. The highest BCUT2D eigenvalue weighted by atomic mass is 16.1. The summed E-state index contributed by atoms with van der Waals surface area (Å²) in [6.45, 7) is 1.82. The van der Waals surface area contributed by atoms with Crippen molar-refractivity contribution in [1.29, 1.82) is 0 Å². The van der Waals surface area contributed by atoms with E-state index in [1.54, 1.807) is 12.1 Å². The van der Waals surface area contributed by atoms with E-state index in [2.05, 4.69) is 22.0 Å². The Morgan fingerprint density at radius 1 is 1.50 bits per heavy atom. The standard InChI is InChI=1S/C8H7N3O/c1-6-2-3-7(11-10-6)4-5-8(9)12/h2-3H,1H3,(H2,9,12). The maximum Gasteiger partial charge on any atom is 0.293 e. The highest BCUT2D eigenvalue weighted by Crippen LogP contribution is 1.91. The summed E-state index contributed by atoms with van der Waals surface area (Å²) in [6, 6.07) is 3.44. The zero-order valence-corrected chi connectivity index (χ0v) is 6.53. The number of amides is 1. The summed E-state index contributed by atoms with van der Waals surface area (Å²) in [4.78, 5) is 10.2. The fraction of sp³-hybridized carbons (Fsp3) is 0.125. The van der Waals surface area contributed by atoms with E-state index in [-0.39, 0.29) is 0 Å². The van der Waals surface area contributed by atoms with Crippen LogP contribution in [0.2, 0.25) is 0 Å². The van der Waals surface area contributed by atoms with Crippen LogP contribution in [0, 0.1) is 18.8 Å². The first-order chi connectivity index (χ1) is 5.68. The monoisotopic (exact) mass is 161 g/mol. The molecule has 60 valence electrons. The molecule has 12 heavy (non-hydrogen) atoms. The van der Waals surface area contributed by atoms with Gasteiger partial charge in [-0.2, -0.15) is 5.10 Å². The quantitative estimate of drug-likeness (QED) is 0.527. The lowest BCUT2D eigenvalue weighted by atomic mass is 10.3. The van der Waals surface area contributed by atoms with Gasteiger partial charge in [-0.05, 0) is 25.0 Å². The van der Waals surface area contributed by atoms with Gasteiger partial charge in [-0.3, -0.25) is 4.79 Å². The number of nitrogens with two attached hydrogens (primary N) is 1. The predicted molar refractivity (Wildman–Crippen MR) is 42.8 cm³/mol. The molecule has 0 radical (unpaired) electrons. The molecule has 0 atom stereocenters. The number of rotatable bonds is 0. The maximum absolute atomic E-state index is 10.2. The zero-order chi connectivity index (χ0) is 8.97. The van der Waals surface area contributed by atoms with Crippen LogP contribution in [0.5, 0.6) is 0 Å². The molecule has 2 N–H and O–H groups in total. The van der Waals surface area contributed by atoms with Crippen LogP contribution < -0.4 is 5.73 Å². The van der Waals surface area contributed by atoms with E-state index in [1.807, 2.05) is 6.92 Å². The Morgan fingerprint density at radius 2 is 2.25 bits per heavy atom. The predicted octanol–water partition coefficient (Wildman–Crippen LogP) is -0.378. The van der Waals surface area contributed by atoms with Gasteiger partial charge in [-0.1, -0.05) is 0 Å². The number of hydrogen-bond donors (Lipinski definition) is 1. The second-order valence-electron chi connectivity index (χ2n) is 2.17. The van der Waals surface area contributed by atoms with Crippen LogP contribution in [0.1, 0.15) is 11.4 Å². The van der Waals surface area contributed by atoms with Crippen LogP contribution in [0.25, 0.3) is 0 Å². The molecule has 0 aliphatic heterocycles. The average molecular weight is 161 g/mol. The van der Waals surface area contributed by atoms with Crippen molar-refractivity contribution >= 4 is 5.91 Å². The van der Waals surface area contributed by atoms with E-state index in [9.17, 15) is 4.79 Å². The number of primary amides is 1. The molecule has 1 amide bonds. The zero-order valence-electron chi connectivity index (χ0n) is 6.53. The molecule has 0 spiro atoms. The van der Waals surface area contributed by atoms with Crippen molar-refractivity contribution in [1.82, 2.24) is 10.2 Å². The minimum atomic E-state index is -0.669. The smallest absolute Gasteiger partial charge is 0.293 e. The number of carbonyl (C=O) groups is 1. The van der Waals surface area contributed by atoms with Crippen molar-refractivity contribution in [3.05, 3.63) is 23.5 Å². The summed E-state index contributed by atoms with van der Waals surface area (Å²) in [5.41, 5.74) is 6.06. The second kappa shape index (κ2) is 3.49. The van der Waals surface area contributed by atoms with Crippen LogP contribution in [0.15, 0.2) is 12.1 Å². The number of carbonyl (C=O) groups excluding carboxylic acids is 1. The summed E-state index contributed by atoms with van der Waals surface area (Å²) >= 11 is 0. The number of aromatic nitrogens is 2. The summed E-state index contributed by atoms with van der Waals surface area (Å²) in [5.74, 6) is 3.97. The summed E-state index contributed by atoms with van der Waals surface area (Å²) < 4.78 is 0. The molecular weight excluding hydrogens is 154 g/mol. The summed E-state index contributed by atoms with van der Waals surface area (Å²) in [6.07, 6.45) is 0. The van der Waals surface area contributed by atoms with Gasteiger partial charge in [-0.25, -0.2) is 0 Å². The van der Waals surface area contributed by atoms with E-state index < -0.39 is 5.91 Å². The number of nitrogens with zero attached hydrogens (tertiary/aromatic N) is 2. The van der Waals surface area contributed by atoms with Crippen LogP contribution in [-0.4, -0.2) is 16.1 Å². The van der Waals surface area contributed by atoms with Crippen LogP contribution in [0.4, 0.5) is 0 Å². The molecule has 0 unspecified atom stereocenters. The molecule has 4 nitrogen and oxygen atoms in total. The fourth-order valence-electron chi connectivity index (χ4n) is 0.591. The Kier molecular flexibility index (Phi) is 2.38. The number of hydrogen-bond acceptors (Lipinski definition) is 3. The summed E-state index contributed by atoms with van der Waals surface area (Å²) in [7, 11) is 0. The SMILES string of the molecule is Cc1ccc(C#CC(N)=O)nn1. The molecule has 0 saturated heterocycles. The molecule has 0 aromatic carbocycles. The molecule has 1 aromatic rings. The Balaban J connectivity index is 2.86. The van der Waals surface area contributed by atoms with Crippen molar-refractivity contribution < 1.29 is 4.79 Å². The Morgan fingerprint density at radius 3 is 2.75 bits per heavy atom. The molecule has 0 saturated carbocycles.